The van der Waals surface area contributed by atoms with Crippen molar-refractivity contribution in [3.8, 4) is 0 Å². The van der Waals surface area contributed by atoms with Gasteiger partial charge in [0.1, 0.15) is 12.1 Å². The largest absolute Gasteiger partial charge is 0.391 e. The molecule has 1 aliphatic heterocycles. The summed E-state index contributed by atoms with van der Waals surface area (Å²) in [7, 11) is 0. The van der Waals surface area contributed by atoms with Crippen LogP contribution in [0.5, 0.6) is 0 Å². The Morgan fingerprint density at radius 3 is 2.61 bits per heavy atom. The molecule has 1 saturated heterocycles. The normalized spacial score (nSPS) is 21.0. The van der Waals surface area contributed by atoms with Gasteiger partial charge in [0.15, 0.2) is 0 Å². The van der Waals surface area contributed by atoms with Gasteiger partial charge in [-0.25, -0.2) is 9.97 Å². The molecule has 1 fully saturated rings. The van der Waals surface area contributed by atoms with Crippen LogP contribution in [-0.4, -0.2) is 50.2 Å². The molecule has 0 aliphatic carbocycles. The highest BCUT2D eigenvalue weighted by atomic mass is 16.5. The summed E-state index contributed by atoms with van der Waals surface area (Å²) in [6.45, 7) is 6.24. The van der Waals surface area contributed by atoms with Crippen molar-refractivity contribution in [3.63, 3.8) is 0 Å². The minimum Gasteiger partial charge on any atom is -0.391 e. The highest BCUT2D eigenvalue weighted by molar-refractivity contribution is 5.96. The third-order valence-electron chi connectivity index (χ3n) is 4.27. The Bertz CT molecular complexity index is 708. The van der Waals surface area contributed by atoms with Gasteiger partial charge in [-0.15, -0.1) is 0 Å². The van der Waals surface area contributed by atoms with Crippen LogP contribution < -0.4 is 0 Å². The number of β-amino-alcohol motifs (C(OH)–C–C–N with tert-alkyl or cyclic N) is 1. The fourth-order valence-electron chi connectivity index (χ4n) is 3.05. The highest BCUT2D eigenvalue weighted by Crippen LogP contribution is 2.24. The molecule has 23 heavy (non-hydrogen) atoms. The van der Waals surface area contributed by atoms with Crippen LogP contribution in [0.3, 0.4) is 0 Å². The molecule has 0 bridgehead atoms. The van der Waals surface area contributed by atoms with E-state index in [-0.39, 0.29) is 11.8 Å². The van der Waals surface area contributed by atoms with E-state index in [1.807, 2.05) is 13.0 Å². The fraction of sp³-hybridized carbons (Fsp3) is 0.500. The summed E-state index contributed by atoms with van der Waals surface area (Å²) < 4.78 is 5.21. The molecule has 0 saturated carbocycles. The lowest BCUT2D eigenvalue weighted by Gasteiger charge is -2.17. The summed E-state index contributed by atoms with van der Waals surface area (Å²) in [6.07, 6.45) is 1.44. The number of hydrogen-bond acceptors (Lipinski definition) is 6. The van der Waals surface area contributed by atoms with Gasteiger partial charge in [-0.05, 0) is 20.8 Å². The van der Waals surface area contributed by atoms with Crippen molar-refractivity contribution >= 4 is 5.91 Å². The number of hydrogen-bond donors (Lipinski definition) is 1. The number of carbonyl (C=O) groups is 1. The Morgan fingerprint density at radius 2 is 2.00 bits per heavy atom. The second-order valence-corrected chi connectivity index (χ2v) is 6.10. The van der Waals surface area contributed by atoms with Crippen molar-refractivity contribution in [1.82, 2.24) is 20.0 Å². The number of carbonyl (C=O) groups excluding carboxylic acids is 1. The van der Waals surface area contributed by atoms with E-state index in [9.17, 15) is 9.90 Å². The standard InChI is InChI=1S/C16H20N4O3/c1-9-4-13(23-19-9)5-12-6-20(7-14(12)21)16(22)15-10(2)17-8-18-11(15)3/h4,8,12,14,21H,5-7H2,1-3H3/t12-,14-/m1/s1. The van der Waals surface area contributed by atoms with Crippen molar-refractivity contribution in [2.75, 3.05) is 13.1 Å². The molecule has 3 heterocycles. The summed E-state index contributed by atoms with van der Waals surface area (Å²) in [4.78, 5) is 22.6. The van der Waals surface area contributed by atoms with E-state index >= 15 is 0 Å². The van der Waals surface area contributed by atoms with E-state index in [1.54, 1.807) is 18.7 Å². The number of likely N-dealkylation sites (tertiary alicyclic amines) is 1. The number of aliphatic hydroxyl groups excluding tert-OH is 1. The van der Waals surface area contributed by atoms with Gasteiger partial charge in [-0.2, -0.15) is 0 Å². The Morgan fingerprint density at radius 1 is 1.30 bits per heavy atom. The first kappa shape index (κ1) is 15.6. The fourth-order valence-corrected chi connectivity index (χ4v) is 3.05. The van der Waals surface area contributed by atoms with Crippen molar-refractivity contribution in [3.05, 3.63) is 40.8 Å². The molecule has 0 spiro atoms. The Kier molecular flexibility index (Phi) is 4.12. The molecule has 1 aliphatic rings. The van der Waals surface area contributed by atoms with Gasteiger partial charge in [-0.1, -0.05) is 5.16 Å². The topological polar surface area (TPSA) is 92.4 Å². The molecular weight excluding hydrogens is 296 g/mol. The van der Waals surface area contributed by atoms with Gasteiger partial charge in [-0.3, -0.25) is 4.79 Å². The zero-order valence-electron chi connectivity index (χ0n) is 13.5. The first-order valence-corrected chi connectivity index (χ1v) is 7.63. The maximum atomic E-state index is 12.7. The summed E-state index contributed by atoms with van der Waals surface area (Å²) in [5.41, 5.74) is 2.65. The number of aryl methyl sites for hydroxylation is 3. The average Bonchev–Trinajstić information content (AvgIpc) is 3.06. The smallest absolute Gasteiger partial charge is 0.257 e. The predicted octanol–water partition coefficient (Wildman–Crippen LogP) is 1.07. The molecular formula is C16H20N4O3. The van der Waals surface area contributed by atoms with Gasteiger partial charge in [0, 0.05) is 31.5 Å². The lowest BCUT2D eigenvalue weighted by Crippen LogP contribution is -2.31. The zero-order chi connectivity index (χ0) is 16.6. The second kappa shape index (κ2) is 6.08. The molecule has 2 aromatic rings. The van der Waals surface area contributed by atoms with Crippen LogP contribution in [0.15, 0.2) is 16.9 Å². The lowest BCUT2D eigenvalue weighted by molar-refractivity contribution is 0.0762. The van der Waals surface area contributed by atoms with Crippen molar-refractivity contribution in [2.24, 2.45) is 5.92 Å². The number of aliphatic hydroxyl groups is 1. The van der Waals surface area contributed by atoms with Gasteiger partial charge in [0.2, 0.25) is 0 Å². The number of rotatable bonds is 3. The van der Waals surface area contributed by atoms with E-state index < -0.39 is 6.10 Å². The Labute approximate surface area is 134 Å². The van der Waals surface area contributed by atoms with Crippen LogP contribution in [0.4, 0.5) is 0 Å². The van der Waals surface area contributed by atoms with Crippen molar-refractivity contribution < 1.29 is 14.4 Å². The van der Waals surface area contributed by atoms with E-state index in [4.69, 9.17) is 4.52 Å². The molecule has 0 unspecified atom stereocenters. The molecule has 3 rings (SSSR count). The highest BCUT2D eigenvalue weighted by Gasteiger charge is 2.36. The van der Waals surface area contributed by atoms with Crippen molar-refractivity contribution in [1.29, 1.82) is 0 Å². The first-order chi connectivity index (χ1) is 11.0. The van der Waals surface area contributed by atoms with Gasteiger partial charge < -0.3 is 14.5 Å². The monoisotopic (exact) mass is 316 g/mol. The molecule has 7 heteroatoms. The van der Waals surface area contributed by atoms with Crippen LogP contribution in [0.1, 0.15) is 33.2 Å². The third-order valence-corrected chi connectivity index (χ3v) is 4.27. The van der Waals surface area contributed by atoms with Crippen LogP contribution in [-0.2, 0) is 6.42 Å². The zero-order valence-corrected chi connectivity index (χ0v) is 13.5. The minimum absolute atomic E-state index is 0.0588. The minimum atomic E-state index is -0.574. The maximum Gasteiger partial charge on any atom is 0.257 e. The summed E-state index contributed by atoms with van der Waals surface area (Å²) in [5.74, 6) is 0.545. The number of nitrogens with zero attached hydrogens (tertiary/aromatic N) is 4. The SMILES string of the molecule is Cc1cc(C[C@@H]2CN(C(=O)c3c(C)ncnc3C)C[C@H]2O)on1. The summed E-state index contributed by atoms with van der Waals surface area (Å²) >= 11 is 0. The van der Waals surface area contributed by atoms with Crippen LogP contribution >= 0.6 is 0 Å². The predicted molar refractivity (Wildman–Crippen MR) is 81.9 cm³/mol. The van der Waals surface area contributed by atoms with Crippen molar-refractivity contribution in [2.45, 2.75) is 33.3 Å². The summed E-state index contributed by atoms with van der Waals surface area (Å²) in [6, 6.07) is 1.86. The molecule has 122 valence electrons. The lowest BCUT2D eigenvalue weighted by atomic mass is 10.0. The van der Waals surface area contributed by atoms with E-state index in [2.05, 4.69) is 15.1 Å². The molecule has 0 aromatic carbocycles. The molecule has 0 radical (unpaired) electrons. The van der Waals surface area contributed by atoms with Gasteiger partial charge in [0.25, 0.3) is 5.91 Å². The molecule has 1 amide bonds. The summed E-state index contributed by atoms with van der Waals surface area (Å²) in [5, 5.41) is 14.1. The van der Waals surface area contributed by atoms with E-state index in [0.29, 0.717) is 36.5 Å². The van der Waals surface area contributed by atoms with Crippen LogP contribution in [0.25, 0.3) is 0 Å². The Balaban J connectivity index is 1.74. The van der Waals surface area contributed by atoms with E-state index in [1.165, 1.54) is 6.33 Å². The van der Waals surface area contributed by atoms with E-state index in [0.717, 1.165) is 11.5 Å². The second-order valence-electron chi connectivity index (χ2n) is 6.10. The number of amides is 1. The van der Waals surface area contributed by atoms with Gasteiger partial charge in [0.05, 0.1) is 28.7 Å². The Hall–Kier alpha value is -2.28. The average molecular weight is 316 g/mol. The molecule has 2 atom stereocenters. The van der Waals surface area contributed by atoms with Gasteiger partial charge >= 0.3 is 0 Å². The first-order valence-electron chi connectivity index (χ1n) is 7.63. The molecule has 7 nitrogen and oxygen atoms in total. The number of aromatic nitrogens is 3. The molecule has 2 aromatic heterocycles. The third kappa shape index (κ3) is 3.10. The van der Waals surface area contributed by atoms with Crippen LogP contribution in [0, 0.1) is 26.7 Å². The quantitative estimate of drug-likeness (QED) is 0.910. The van der Waals surface area contributed by atoms with Crippen LogP contribution in [0.2, 0.25) is 0 Å². The molecule has 1 N–H and O–H groups in total. The maximum absolute atomic E-state index is 12.7.